The maximum atomic E-state index is 12.7. The largest absolute Gasteiger partial charge is 0.416 e. The van der Waals surface area contributed by atoms with Crippen molar-refractivity contribution < 1.29 is 22.8 Å². The number of likely N-dealkylation sites (tertiary alicyclic amines) is 1. The van der Waals surface area contributed by atoms with Crippen LogP contribution in [0, 0.1) is 0 Å². The molecule has 1 fully saturated rings. The molecule has 0 bridgehead atoms. The zero-order valence-corrected chi connectivity index (χ0v) is 15.6. The van der Waals surface area contributed by atoms with Gasteiger partial charge in [-0.3, -0.25) is 9.59 Å². The highest BCUT2D eigenvalue weighted by molar-refractivity contribution is 6.33. The molecule has 1 unspecified atom stereocenters. The van der Waals surface area contributed by atoms with Crippen molar-refractivity contribution in [2.75, 3.05) is 13.1 Å². The summed E-state index contributed by atoms with van der Waals surface area (Å²) in [6.45, 7) is 0.916. The summed E-state index contributed by atoms with van der Waals surface area (Å²) in [6.07, 6.45) is -3.15. The van der Waals surface area contributed by atoms with Crippen LogP contribution in [-0.4, -0.2) is 35.8 Å². The maximum Gasteiger partial charge on any atom is 0.416 e. The minimum atomic E-state index is -4.53. The average molecular weight is 411 g/mol. The van der Waals surface area contributed by atoms with Crippen LogP contribution in [-0.2, 0) is 6.18 Å². The van der Waals surface area contributed by atoms with Crippen LogP contribution < -0.4 is 5.32 Å². The van der Waals surface area contributed by atoms with Gasteiger partial charge in [-0.2, -0.15) is 13.2 Å². The van der Waals surface area contributed by atoms with Gasteiger partial charge in [-0.1, -0.05) is 29.8 Å². The van der Waals surface area contributed by atoms with Gasteiger partial charge in [0.25, 0.3) is 11.8 Å². The van der Waals surface area contributed by atoms with Gasteiger partial charge in [0.15, 0.2) is 0 Å². The summed E-state index contributed by atoms with van der Waals surface area (Å²) in [5, 5.41) is 2.51. The SMILES string of the molecule is O=C(NC1CCCN(C(=O)c2ccccc2)C1)c1ccc(C(F)(F)F)cc1Cl. The van der Waals surface area contributed by atoms with E-state index in [0.717, 1.165) is 18.2 Å². The van der Waals surface area contributed by atoms with Crippen LogP contribution >= 0.6 is 11.6 Å². The van der Waals surface area contributed by atoms with Crippen LogP contribution in [0.5, 0.6) is 0 Å². The Labute approximate surface area is 165 Å². The Morgan fingerprint density at radius 3 is 2.46 bits per heavy atom. The molecular weight excluding hydrogens is 393 g/mol. The number of hydrogen-bond donors (Lipinski definition) is 1. The topological polar surface area (TPSA) is 49.4 Å². The van der Waals surface area contributed by atoms with Gasteiger partial charge in [-0.25, -0.2) is 0 Å². The first kappa shape index (κ1) is 20.2. The number of piperidine rings is 1. The second-order valence-electron chi connectivity index (χ2n) is 6.62. The highest BCUT2D eigenvalue weighted by atomic mass is 35.5. The minimum Gasteiger partial charge on any atom is -0.347 e. The van der Waals surface area contributed by atoms with Gasteiger partial charge in [0.1, 0.15) is 0 Å². The third kappa shape index (κ3) is 4.65. The molecule has 0 radical (unpaired) electrons. The van der Waals surface area contributed by atoms with E-state index in [2.05, 4.69) is 5.32 Å². The van der Waals surface area contributed by atoms with Crippen LogP contribution in [0.25, 0.3) is 0 Å². The van der Waals surface area contributed by atoms with Crippen LogP contribution in [0.3, 0.4) is 0 Å². The second-order valence-corrected chi connectivity index (χ2v) is 7.03. The smallest absolute Gasteiger partial charge is 0.347 e. The quantitative estimate of drug-likeness (QED) is 0.815. The number of carbonyl (C=O) groups is 2. The zero-order valence-electron chi connectivity index (χ0n) is 14.8. The Bertz CT molecular complexity index is 871. The third-order valence-electron chi connectivity index (χ3n) is 4.61. The van der Waals surface area contributed by atoms with Gasteiger partial charge in [0.2, 0.25) is 0 Å². The standard InChI is InChI=1S/C20H18ClF3N2O2/c21-17-11-14(20(22,23)24)8-9-16(17)18(27)25-15-7-4-10-26(12-15)19(28)13-5-2-1-3-6-13/h1-3,5-6,8-9,11,15H,4,7,10,12H2,(H,25,27). The molecule has 1 aliphatic rings. The molecule has 2 aromatic carbocycles. The molecule has 0 aliphatic carbocycles. The predicted octanol–water partition coefficient (Wildman–Crippen LogP) is 4.39. The van der Waals surface area contributed by atoms with E-state index in [4.69, 9.17) is 11.6 Å². The fourth-order valence-electron chi connectivity index (χ4n) is 3.18. The summed E-state index contributed by atoms with van der Waals surface area (Å²) in [4.78, 5) is 26.7. The fourth-order valence-corrected chi connectivity index (χ4v) is 3.45. The van der Waals surface area contributed by atoms with E-state index in [-0.39, 0.29) is 22.5 Å². The maximum absolute atomic E-state index is 12.7. The average Bonchev–Trinajstić information content (AvgIpc) is 2.67. The van der Waals surface area contributed by atoms with Gasteiger partial charge >= 0.3 is 6.18 Å². The van der Waals surface area contributed by atoms with Crippen molar-refractivity contribution in [1.82, 2.24) is 10.2 Å². The van der Waals surface area contributed by atoms with Crippen molar-refractivity contribution in [2.45, 2.75) is 25.1 Å². The Morgan fingerprint density at radius 2 is 1.82 bits per heavy atom. The minimum absolute atomic E-state index is 0.0267. The summed E-state index contributed by atoms with van der Waals surface area (Å²) in [5.41, 5.74) is -0.368. The molecule has 1 saturated heterocycles. The van der Waals surface area contributed by atoms with E-state index >= 15 is 0 Å². The molecule has 2 aromatic rings. The highest BCUT2D eigenvalue weighted by Gasteiger charge is 2.32. The molecule has 1 N–H and O–H groups in total. The number of hydrogen-bond acceptors (Lipinski definition) is 2. The number of alkyl halides is 3. The molecule has 2 amide bonds. The van der Waals surface area contributed by atoms with Crippen LogP contribution in [0.2, 0.25) is 5.02 Å². The summed E-state index contributed by atoms with van der Waals surface area (Å²) in [7, 11) is 0. The lowest BCUT2D eigenvalue weighted by Gasteiger charge is -2.33. The second kappa shape index (κ2) is 8.22. The normalized spacial score (nSPS) is 17.3. The molecule has 148 valence electrons. The first-order chi connectivity index (χ1) is 13.3. The zero-order chi connectivity index (χ0) is 20.3. The highest BCUT2D eigenvalue weighted by Crippen LogP contribution is 2.32. The molecule has 8 heteroatoms. The monoisotopic (exact) mass is 410 g/mol. The van der Waals surface area contributed by atoms with Crippen molar-refractivity contribution >= 4 is 23.4 Å². The number of carbonyl (C=O) groups excluding carboxylic acids is 2. The summed E-state index contributed by atoms with van der Waals surface area (Å²) >= 11 is 5.88. The number of halogens is 4. The molecule has 0 saturated carbocycles. The number of rotatable bonds is 3. The van der Waals surface area contributed by atoms with E-state index in [1.54, 1.807) is 29.2 Å². The van der Waals surface area contributed by atoms with E-state index in [1.807, 2.05) is 6.07 Å². The van der Waals surface area contributed by atoms with Crippen LogP contribution in [0.15, 0.2) is 48.5 Å². The van der Waals surface area contributed by atoms with E-state index < -0.39 is 17.6 Å². The third-order valence-corrected chi connectivity index (χ3v) is 4.92. The first-order valence-electron chi connectivity index (χ1n) is 8.77. The molecular formula is C20H18ClF3N2O2. The molecule has 1 atom stereocenters. The lowest BCUT2D eigenvalue weighted by atomic mass is 10.0. The summed E-state index contributed by atoms with van der Waals surface area (Å²) < 4.78 is 38.2. The molecule has 3 rings (SSSR count). The predicted molar refractivity (Wildman–Crippen MR) is 99.3 cm³/mol. The number of amides is 2. The van der Waals surface area contributed by atoms with E-state index in [0.29, 0.717) is 31.5 Å². The van der Waals surface area contributed by atoms with Crippen LogP contribution in [0.1, 0.15) is 39.1 Å². The Morgan fingerprint density at radius 1 is 1.11 bits per heavy atom. The van der Waals surface area contributed by atoms with Crippen LogP contribution in [0.4, 0.5) is 13.2 Å². The summed E-state index contributed by atoms with van der Waals surface area (Å²) in [5.74, 6) is -0.676. The van der Waals surface area contributed by atoms with E-state index in [9.17, 15) is 22.8 Å². The number of benzene rings is 2. The Kier molecular flexibility index (Phi) is 5.93. The van der Waals surface area contributed by atoms with Crippen molar-refractivity contribution in [3.8, 4) is 0 Å². The van der Waals surface area contributed by atoms with E-state index in [1.165, 1.54) is 0 Å². The molecule has 0 spiro atoms. The Balaban J connectivity index is 1.66. The lowest BCUT2D eigenvalue weighted by Crippen LogP contribution is -2.49. The van der Waals surface area contributed by atoms with Crippen molar-refractivity contribution in [3.05, 3.63) is 70.2 Å². The molecule has 28 heavy (non-hydrogen) atoms. The molecule has 1 heterocycles. The van der Waals surface area contributed by atoms with Crippen molar-refractivity contribution in [2.24, 2.45) is 0 Å². The van der Waals surface area contributed by atoms with Gasteiger partial charge in [-0.05, 0) is 43.2 Å². The molecule has 1 aliphatic heterocycles. The Hall–Kier alpha value is -2.54. The summed E-state index contributed by atoms with van der Waals surface area (Å²) in [6, 6.07) is 11.2. The molecule has 0 aromatic heterocycles. The molecule has 4 nitrogen and oxygen atoms in total. The van der Waals surface area contributed by atoms with Gasteiger partial charge < -0.3 is 10.2 Å². The number of nitrogens with zero attached hydrogens (tertiary/aromatic N) is 1. The van der Waals surface area contributed by atoms with Gasteiger partial charge in [0.05, 0.1) is 16.1 Å². The van der Waals surface area contributed by atoms with Crippen molar-refractivity contribution in [3.63, 3.8) is 0 Å². The first-order valence-corrected chi connectivity index (χ1v) is 9.15. The fraction of sp³-hybridized carbons (Fsp3) is 0.300. The van der Waals surface area contributed by atoms with Crippen molar-refractivity contribution in [1.29, 1.82) is 0 Å². The number of nitrogens with one attached hydrogen (secondary N) is 1. The van der Waals surface area contributed by atoms with Gasteiger partial charge in [0, 0.05) is 24.7 Å². The van der Waals surface area contributed by atoms with Gasteiger partial charge in [-0.15, -0.1) is 0 Å². The lowest BCUT2D eigenvalue weighted by molar-refractivity contribution is -0.137.